The number of benzene rings is 1. The fourth-order valence-corrected chi connectivity index (χ4v) is 6.37. The largest absolute Gasteiger partial charge is 0.486 e. The van der Waals surface area contributed by atoms with Gasteiger partial charge in [-0.2, -0.15) is 0 Å². The van der Waals surface area contributed by atoms with Gasteiger partial charge in [0.25, 0.3) is 0 Å². The van der Waals surface area contributed by atoms with Crippen molar-refractivity contribution >= 4 is 17.7 Å². The minimum Gasteiger partial charge on any atom is -0.486 e. The van der Waals surface area contributed by atoms with Crippen LogP contribution in [0.2, 0.25) is 0 Å². The van der Waals surface area contributed by atoms with Crippen molar-refractivity contribution in [2.24, 2.45) is 17.8 Å². The number of ketones is 1. The second-order valence-electron chi connectivity index (χ2n) is 11.3. The Labute approximate surface area is 229 Å². The van der Waals surface area contributed by atoms with E-state index in [4.69, 9.17) is 14.2 Å². The van der Waals surface area contributed by atoms with Crippen molar-refractivity contribution in [3.8, 4) is 5.75 Å². The van der Waals surface area contributed by atoms with E-state index in [-0.39, 0.29) is 42.5 Å². The molecule has 0 radical (unpaired) electrons. The highest BCUT2D eigenvalue weighted by atomic mass is 16.5. The van der Waals surface area contributed by atoms with E-state index in [1.165, 1.54) is 18.1 Å². The first-order chi connectivity index (χ1) is 18.4. The molecule has 6 heteroatoms. The van der Waals surface area contributed by atoms with Crippen LogP contribution in [-0.4, -0.2) is 36.5 Å². The molecule has 0 aliphatic heterocycles. The van der Waals surface area contributed by atoms with Gasteiger partial charge in [0.1, 0.15) is 24.6 Å². The van der Waals surface area contributed by atoms with Crippen molar-refractivity contribution in [1.29, 1.82) is 0 Å². The summed E-state index contributed by atoms with van der Waals surface area (Å²) in [6.45, 7) is 7.80. The van der Waals surface area contributed by atoms with E-state index in [9.17, 15) is 14.4 Å². The van der Waals surface area contributed by atoms with Crippen LogP contribution < -0.4 is 4.74 Å². The molecule has 0 aromatic heterocycles. The molecule has 1 aromatic rings. The predicted octanol–water partition coefficient (Wildman–Crippen LogP) is 6.79. The lowest BCUT2D eigenvalue weighted by molar-refractivity contribution is -0.151. The molecule has 1 fully saturated rings. The summed E-state index contributed by atoms with van der Waals surface area (Å²) < 4.78 is 17.9. The number of fused-ring (bicyclic) bond motifs is 2. The number of carbonyl (C=O) groups excluding carboxylic acids is 3. The number of carbonyl (C=O) groups is 3. The maximum Gasteiger partial charge on any atom is 0.306 e. The standard InChI is InChI=1S/C32H48O6/c1-5-8-9-14-25(37-31(34)11-6-2)16-17-26-27-18-23-13-10-15-29(36-21-22(4)33)28(23)19-24(27)20-30(26)38-32(35)12-7-3/h10,13,15,24-27,30H,5-9,11-12,14,16-21H2,1-4H3/t24-,25-,26+,27-,30+/m0/s1. The highest BCUT2D eigenvalue weighted by Gasteiger charge is 2.47. The second kappa shape index (κ2) is 15.3. The number of hydrogen-bond acceptors (Lipinski definition) is 6. The maximum absolute atomic E-state index is 12.6. The lowest BCUT2D eigenvalue weighted by Gasteiger charge is -2.33. The first-order valence-electron chi connectivity index (χ1n) is 15.0. The average Bonchev–Trinajstić information content (AvgIpc) is 3.20. The van der Waals surface area contributed by atoms with Gasteiger partial charge in [-0.3, -0.25) is 14.4 Å². The van der Waals surface area contributed by atoms with Crippen LogP contribution in [0.1, 0.15) is 109 Å². The molecule has 0 saturated heterocycles. The van der Waals surface area contributed by atoms with Crippen molar-refractivity contribution in [3.63, 3.8) is 0 Å². The van der Waals surface area contributed by atoms with Gasteiger partial charge < -0.3 is 14.2 Å². The Kier molecular flexibility index (Phi) is 12.1. The molecule has 2 aliphatic carbocycles. The first-order valence-corrected chi connectivity index (χ1v) is 15.0. The average molecular weight is 529 g/mol. The summed E-state index contributed by atoms with van der Waals surface area (Å²) in [5, 5.41) is 0. The SMILES string of the molecule is CCCCC[C@@H](CC[C@@H]1[C@H]2Cc3cccc(OCC(C)=O)c3C[C@H]2C[C@H]1OC(=O)CCC)OC(=O)CCC. The zero-order valence-electron chi connectivity index (χ0n) is 24.0. The Balaban J connectivity index is 1.77. The number of unbranched alkanes of at least 4 members (excludes halogenated alkanes) is 2. The van der Waals surface area contributed by atoms with Crippen LogP contribution >= 0.6 is 0 Å². The number of rotatable bonds is 16. The molecule has 212 valence electrons. The van der Waals surface area contributed by atoms with Crippen LogP contribution in [0.5, 0.6) is 5.75 Å². The van der Waals surface area contributed by atoms with Gasteiger partial charge in [0.2, 0.25) is 0 Å². The van der Waals surface area contributed by atoms with E-state index in [1.807, 2.05) is 26.0 Å². The Morgan fingerprint density at radius 1 is 0.947 bits per heavy atom. The molecule has 0 spiro atoms. The van der Waals surface area contributed by atoms with Crippen LogP contribution in [0, 0.1) is 17.8 Å². The quantitative estimate of drug-likeness (QED) is 0.174. The smallest absolute Gasteiger partial charge is 0.306 e. The van der Waals surface area contributed by atoms with Crippen LogP contribution in [-0.2, 0) is 36.7 Å². The number of esters is 2. The lowest BCUT2D eigenvalue weighted by Crippen LogP contribution is -2.30. The molecule has 38 heavy (non-hydrogen) atoms. The van der Waals surface area contributed by atoms with E-state index in [2.05, 4.69) is 13.0 Å². The van der Waals surface area contributed by atoms with Gasteiger partial charge in [0.15, 0.2) is 5.78 Å². The van der Waals surface area contributed by atoms with Crippen molar-refractivity contribution in [2.45, 2.75) is 123 Å². The first kappa shape index (κ1) is 30.2. The molecule has 6 nitrogen and oxygen atoms in total. The fourth-order valence-electron chi connectivity index (χ4n) is 6.37. The van der Waals surface area contributed by atoms with E-state index >= 15 is 0 Å². The zero-order valence-corrected chi connectivity index (χ0v) is 24.0. The normalized spacial score (nSPS) is 22.7. The van der Waals surface area contributed by atoms with Crippen LogP contribution in [0.4, 0.5) is 0 Å². The van der Waals surface area contributed by atoms with E-state index in [1.54, 1.807) is 0 Å². The van der Waals surface area contributed by atoms with Gasteiger partial charge in [0.05, 0.1) is 0 Å². The maximum atomic E-state index is 12.6. The van der Waals surface area contributed by atoms with Gasteiger partial charge in [-0.25, -0.2) is 0 Å². The molecular weight excluding hydrogens is 480 g/mol. The summed E-state index contributed by atoms with van der Waals surface area (Å²) in [6, 6.07) is 6.13. The Morgan fingerprint density at radius 2 is 1.71 bits per heavy atom. The summed E-state index contributed by atoms with van der Waals surface area (Å²) in [4.78, 5) is 36.4. The second-order valence-corrected chi connectivity index (χ2v) is 11.3. The highest BCUT2D eigenvalue weighted by molar-refractivity contribution is 5.77. The summed E-state index contributed by atoms with van der Waals surface area (Å²) >= 11 is 0. The van der Waals surface area contributed by atoms with Crippen molar-refractivity contribution in [2.75, 3.05) is 6.61 Å². The van der Waals surface area contributed by atoms with Gasteiger partial charge in [0, 0.05) is 12.8 Å². The van der Waals surface area contributed by atoms with Crippen LogP contribution in [0.15, 0.2) is 18.2 Å². The molecule has 0 amide bonds. The van der Waals surface area contributed by atoms with Gasteiger partial charge >= 0.3 is 11.9 Å². The summed E-state index contributed by atoms with van der Waals surface area (Å²) in [5.74, 6) is 1.65. The van der Waals surface area contributed by atoms with Gasteiger partial charge in [-0.05, 0) is 99.7 Å². The van der Waals surface area contributed by atoms with Crippen LogP contribution in [0.25, 0.3) is 0 Å². The lowest BCUT2D eigenvalue weighted by atomic mass is 9.73. The predicted molar refractivity (Wildman–Crippen MR) is 148 cm³/mol. The molecular formula is C32H48O6. The highest BCUT2D eigenvalue weighted by Crippen LogP contribution is 2.49. The summed E-state index contributed by atoms with van der Waals surface area (Å²) in [7, 11) is 0. The summed E-state index contributed by atoms with van der Waals surface area (Å²) in [5.41, 5.74) is 2.46. The Bertz CT molecular complexity index is 925. The molecule has 0 bridgehead atoms. The molecule has 1 aromatic carbocycles. The molecule has 0 heterocycles. The third kappa shape index (κ3) is 8.57. The molecule has 1 saturated carbocycles. The fraction of sp³-hybridized carbons (Fsp3) is 0.719. The van der Waals surface area contributed by atoms with Gasteiger partial charge in [-0.1, -0.05) is 45.7 Å². The van der Waals surface area contributed by atoms with Crippen molar-refractivity contribution in [1.82, 2.24) is 0 Å². The minimum absolute atomic E-state index is 0.00764. The molecule has 3 rings (SSSR count). The number of hydrogen-bond donors (Lipinski definition) is 0. The summed E-state index contributed by atoms with van der Waals surface area (Å²) in [6.07, 6.45) is 10.8. The molecule has 0 unspecified atom stereocenters. The number of ether oxygens (including phenoxy) is 3. The molecule has 0 N–H and O–H groups in total. The third-order valence-electron chi connectivity index (χ3n) is 8.19. The molecule has 5 atom stereocenters. The van der Waals surface area contributed by atoms with Gasteiger partial charge in [-0.15, -0.1) is 0 Å². The molecule has 2 aliphatic rings. The third-order valence-corrected chi connectivity index (χ3v) is 8.19. The Hall–Kier alpha value is -2.37. The number of Topliss-reactive ketones (excluding diaryl/α,β-unsaturated/α-hetero) is 1. The minimum atomic E-state index is -0.113. The zero-order chi connectivity index (χ0) is 27.5. The van der Waals surface area contributed by atoms with Crippen molar-refractivity contribution in [3.05, 3.63) is 29.3 Å². The monoisotopic (exact) mass is 528 g/mol. The van der Waals surface area contributed by atoms with E-state index < -0.39 is 0 Å². The van der Waals surface area contributed by atoms with Crippen LogP contribution in [0.3, 0.4) is 0 Å². The van der Waals surface area contributed by atoms with E-state index in [0.717, 1.165) is 76.4 Å². The Morgan fingerprint density at radius 3 is 2.42 bits per heavy atom. The van der Waals surface area contributed by atoms with E-state index in [0.29, 0.717) is 24.7 Å². The van der Waals surface area contributed by atoms with Crippen molar-refractivity contribution < 1.29 is 28.6 Å². The topological polar surface area (TPSA) is 78.9 Å².